The third kappa shape index (κ3) is 11.9. The highest BCUT2D eigenvalue weighted by Crippen LogP contribution is 2.44. The van der Waals surface area contributed by atoms with Gasteiger partial charge in [-0.3, -0.25) is 14.5 Å². The van der Waals surface area contributed by atoms with Gasteiger partial charge in [-0.1, -0.05) is 53.7 Å². The van der Waals surface area contributed by atoms with E-state index in [2.05, 4.69) is 55.0 Å². The first-order chi connectivity index (χ1) is 23.4. The van der Waals surface area contributed by atoms with Crippen molar-refractivity contribution in [3.63, 3.8) is 0 Å². The summed E-state index contributed by atoms with van der Waals surface area (Å²) < 4.78 is 32.4. The van der Waals surface area contributed by atoms with Crippen molar-refractivity contribution in [2.45, 2.75) is 116 Å². The zero-order chi connectivity index (χ0) is 36.6. The number of amides is 4. The molecule has 3 N–H and O–H groups in total. The molecule has 3 rings (SSSR count). The van der Waals surface area contributed by atoms with E-state index >= 15 is 0 Å². The number of carbonyl (C=O) groups is 3. The molecule has 2 heterocycles. The second-order valence-corrected chi connectivity index (χ2v) is 15.9. The number of rotatable bonds is 20. The summed E-state index contributed by atoms with van der Waals surface area (Å²) in [6.45, 7) is 14.7. The van der Waals surface area contributed by atoms with Gasteiger partial charge < -0.3 is 29.5 Å². The monoisotopic (exact) mass is 701 g/mol. The molecule has 1 aromatic carbocycles. The van der Waals surface area contributed by atoms with Crippen molar-refractivity contribution < 1.29 is 34.6 Å². The van der Waals surface area contributed by atoms with Gasteiger partial charge in [-0.15, -0.1) is 0 Å². The number of nitrogens with zero attached hydrogens (tertiary/aromatic N) is 2. The maximum absolute atomic E-state index is 13.3. The Morgan fingerprint density at radius 3 is 2.62 bits per heavy atom. The highest BCUT2D eigenvalue weighted by Gasteiger charge is 2.50. The van der Waals surface area contributed by atoms with Gasteiger partial charge in [0.2, 0.25) is 7.34 Å². The highest BCUT2D eigenvalue weighted by molar-refractivity contribution is 8.00. The third-order valence-corrected chi connectivity index (χ3v) is 11.7. The second kappa shape index (κ2) is 20.0. The average Bonchev–Trinajstić information content (AvgIpc) is 3.61. The Bertz CT molecular complexity index is 1150. The Morgan fingerprint density at radius 2 is 2.00 bits per heavy atom. The van der Waals surface area contributed by atoms with Crippen LogP contribution in [0.2, 0.25) is 0 Å². The standard InChI is InChI=1S/C33H55N4O7PS.CH4/c1-8-36(23(2)3)45(42-7)44-26(20-38)21-43-19-11-18-34-29(39)13-10-9-12-28-30-27(22-46-28)37(32(41)35-30)31(40)24-14-16-25(17-15-24)33(4,5)6;/h14-17,23,26-28,30,38H,8-13,18-22H2,1-7H3,(H,34,39)(H,35,41);1H4/t26?,27-,28?,30-,45?;/m0./s1/i38D;1T. The predicted octanol–water partition coefficient (Wildman–Crippen LogP) is 5.70. The lowest BCUT2D eigenvalue weighted by atomic mass is 9.86. The van der Waals surface area contributed by atoms with Crippen LogP contribution in [-0.4, -0.2) is 109 Å². The number of urea groups is 1. The van der Waals surface area contributed by atoms with Crippen molar-refractivity contribution in [2.75, 3.05) is 45.8 Å². The molecule has 2 saturated heterocycles. The fourth-order valence-electron chi connectivity index (χ4n) is 5.67. The molecular formula is C34H59N4O7PS. The summed E-state index contributed by atoms with van der Waals surface area (Å²) in [7, 11) is 1.58. The number of benzene rings is 1. The topological polar surface area (TPSA) is 130 Å². The summed E-state index contributed by atoms with van der Waals surface area (Å²) in [5.74, 6) is 0.474. The SMILES string of the molecule is [2H]OCC(COCCCNC(=O)CCCCC1SC[C@H]2[C@@H]1NC(=O)N2C(=O)c1ccc(C(C)(C)C)cc1)OP(OC)N(CC)C(C)C.[3H]C. The van der Waals surface area contributed by atoms with Crippen molar-refractivity contribution in [1.29, 1.82) is 1.43 Å². The number of thioether (sulfide) groups is 1. The van der Waals surface area contributed by atoms with Crippen molar-refractivity contribution >= 4 is 38.1 Å². The van der Waals surface area contributed by atoms with Crippen LogP contribution in [-0.2, 0) is 24.0 Å². The quantitative estimate of drug-likeness (QED) is 0.0891. The van der Waals surface area contributed by atoms with Crippen molar-refractivity contribution in [3.05, 3.63) is 35.4 Å². The third-order valence-electron chi connectivity index (χ3n) is 8.30. The Hall–Kier alpha value is -1.79. The minimum atomic E-state index is -1.28. The lowest BCUT2D eigenvalue weighted by molar-refractivity contribution is -0.121. The molecule has 0 radical (unpaired) electrons. The molecule has 1 aromatic rings. The summed E-state index contributed by atoms with van der Waals surface area (Å²) in [6, 6.07) is 7.26. The number of imide groups is 1. The first-order valence-electron chi connectivity index (χ1n) is 17.9. The van der Waals surface area contributed by atoms with E-state index in [1.807, 2.05) is 31.2 Å². The number of aliphatic hydroxyl groups excluding tert-OH is 1. The zero-order valence-electron chi connectivity index (χ0n) is 31.6. The summed E-state index contributed by atoms with van der Waals surface area (Å²) in [5.41, 5.74) is 1.66. The molecule has 0 aromatic heterocycles. The maximum atomic E-state index is 13.3. The molecule has 4 amide bonds. The van der Waals surface area contributed by atoms with Crippen LogP contribution in [0.5, 0.6) is 0 Å². The van der Waals surface area contributed by atoms with Gasteiger partial charge in [0.1, 0.15) is 6.10 Å². The molecule has 0 saturated carbocycles. The van der Waals surface area contributed by atoms with E-state index in [1.54, 1.807) is 18.9 Å². The first-order valence-corrected chi connectivity index (χ1v) is 18.6. The van der Waals surface area contributed by atoms with E-state index in [1.165, 1.54) is 12.3 Å². The van der Waals surface area contributed by atoms with Crippen molar-refractivity contribution in [2.24, 2.45) is 0 Å². The van der Waals surface area contributed by atoms with Crippen LogP contribution in [0, 0.1) is 0 Å². The van der Waals surface area contributed by atoms with Gasteiger partial charge in [-0.25, -0.2) is 9.46 Å². The fraction of sp³-hybridized carbons (Fsp3) is 0.735. The molecule has 11 nitrogen and oxygen atoms in total. The number of nitrogens with one attached hydrogen (secondary N) is 2. The van der Waals surface area contributed by atoms with Gasteiger partial charge in [-0.05, 0) is 56.2 Å². The van der Waals surface area contributed by atoms with Crippen LogP contribution in [0.15, 0.2) is 24.3 Å². The second-order valence-electron chi connectivity index (χ2n) is 13.1. The molecule has 13 heteroatoms. The Kier molecular flexibility index (Phi) is 16.2. The molecule has 0 bridgehead atoms. The molecule has 2 aliphatic rings. The van der Waals surface area contributed by atoms with Gasteiger partial charge in [0.15, 0.2) is 0 Å². The van der Waals surface area contributed by atoms with E-state index in [-0.39, 0.29) is 59.8 Å². The minimum absolute atomic E-state index is 0.00765. The van der Waals surface area contributed by atoms with E-state index < -0.39 is 14.6 Å². The van der Waals surface area contributed by atoms with Crippen LogP contribution >= 0.6 is 20.3 Å². The van der Waals surface area contributed by atoms with Crippen LogP contribution in [0.25, 0.3) is 0 Å². The summed E-state index contributed by atoms with van der Waals surface area (Å²) >= 11 is 1.79. The highest BCUT2D eigenvalue weighted by atomic mass is 32.2. The molecule has 2 fully saturated rings. The molecule has 2 aliphatic heterocycles. The molecule has 0 spiro atoms. The van der Waals surface area contributed by atoms with Crippen LogP contribution in [0.3, 0.4) is 0 Å². The number of aliphatic hydroxyl groups is 1. The molecule has 47 heavy (non-hydrogen) atoms. The number of fused-ring (bicyclic) bond motifs is 1. The largest absolute Gasteiger partial charge is 0.394 e. The lowest BCUT2D eigenvalue weighted by Crippen LogP contribution is -2.41. The van der Waals surface area contributed by atoms with E-state index in [0.29, 0.717) is 37.3 Å². The summed E-state index contributed by atoms with van der Waals surface area (Å²) in [6.07, 6.45) is 3.16. The molecular weight excluding hydrogens is 639 g/mol. The van der Waals surface area contributed by atoms with Crippen LogP contribution in [0.4, 0.5) is 4.79 Å². The summed E-state index contributed by atoms with van der Waals surface area (Å²) in [5, 5.41) is 10.8. The Morgan fingerprint density at radius 1 is 1.28 bits per heavy atom. The van der Waals surface area contributed by atoms with E-state index in [0.717, 1.165) is 31.4 Å². The van der Waals surface area contributed by atoms with Gasteiger partial charge in [0.05, 0.1) is 25.3 Å². The number of hydrogen-bond acceptors (Lipinski definition) is 9. The fourth-order valence-corrected chi connectivity index (χ4v) is 8.66. The maximum Gasteiger partial charge on any atom is 0.325 e. The molecule has 0 aliphatic carbocycles. The van der Waals surface area contributed by atoms with Crippen LogP contribution in [0.1, 0.15) is 98.3 Å². The van der Waals surface area contributed by atoms with Gasteiger partial charge in [0.25, 0.3) is 14.4 Å². The molecule has 268 valence electrons. The first kappa shape index (κ1) is 38.0. The van der Waals surface area contributed by atoms with E-state index in [9.17, 15) is 14.4 Å². The zero-order valence-corrected chi connectivity index (χ0v) is 31.3. The normalized spacial score (nSPS) is 21.0. The van der Waals surface area contributed by atoms with Crippen LogP contribution < -0.4 is 10.6 Å². The van der Waals surface area contributed by atoms with Gasteiger partial charge in [-0.2, -0.15) is 11.8 Å². The average molecular weight is 702 g/mol. The number of ether oxygens (including phenoxy) is 1. The molecule has 3 unspecified atom stereocenters. The molecule has 5 atom stereocenters. The van der Waals surface area contributed by atoms with E-state index in [4.69, 9.17) is 16.6 Å². The Labute approximate surface area is 291 Å². The van der Waals surface area contributed by atoms with Crippen molar-refractivity contribution in [1.82, 2.24) is 20.2 Å². The smallest absolute Gasteiger partial charge is 0.325 e. The predicted molar refractivity (Wildman–Crippen MR) is 191 cm³/mol. The number of hydrogen-bond donors (Lipinski definition) is 3. The lowest BCUT2D eigenvalue weighted by Gasteiger charge is -2.32. The summed E-state index contributed by atoms with van der Waals surface area (Å²) in [4.78, 5) is 39.9. The number of unbranched alkanes of at least 4 members (excludes halogenated alkanes) is 1. The minimum Gasteiger partial charge on any atom is -0.394 e. The van der Waals surface area contributed by atoms with Gasteiger partial charge in [0, 0.05) is 57.2 Å². The van der Waals surface area contributed by atoms with Gasteiger partial charge >= 0.3 is 6.03 Å². The Balaban J connectivity index is 0.00000409. The van der Waals surface area contributed by atoms with Crippen molar-refractivity contribution in [3.8, 4) is 0 Å². The number of carbonyl (C=O) groups excluding carboxylic acids is 3.